The summed E-state index contributed by atoms with van der Waals surface area (Å²) in [7, 11) is -10.8. The fourth-order valence-corrected chi connectivity index (χ4v) is 8.31. The molecule has 6 heterocycles. The molecule has 2 aliphatic rings. The number of aliphatic hydroxyl groups is 3. The van der Waals surface area contributed by atoms with Gasteiger partial charge in [-0.3, -0.25) is 33.5 Å². The van der Waals surface area contributed by atoms with Crippen molar-refractivity contribution < 1.29 is 55.0 Å². The van der Waals surface area contributed by atoms with Gasteiger partial charge in [-0.15, -0.1) is 0 Å². The highest BCUT2D eigenvalue weighted by molar-refractivity contribution is 7.87. The third kappa shape index (κ3) is 12.9. The molecule has 4 atom stereocenters. The van der Waals surface area contributed by atoms with E-state index in [2.05, 4.69) is 39.0 Å². The standard InChI is InChI=1S/C15H24N5O4P.C12H17N5O3.C4H8F3O4PS/c1-25(2,23)8-24-7-10-5-20(6-11(10)21)4-9-3-17-13-12(9)18-15(16)19-14(13)22;13-12-15-9-6(1-14-10(9)11(20)16-12)2-17-3-7(5-18)8(19)4-17;1-12(2,8)3-11-13(9,10)4(5,6)7/h3,10-11,17,21H,4-8H2,1-2H3,(H3,16,18,19,22);1,7-8,14,18-19H,2-5H2,(H3,13,15,16,20);3H2,1-2H3. The largest absolute Gasteiger partial charge is 0.523 e. The molecule has 326 valence electrons. The van der Waals surface area contributed by atoms with E-state index in [0.29, 0.717) is 67.9 Å². The van der Waals surface area contributed by atoms with Crippen LogP contribution in [0.15, 0.2) is 22.0 Å². The van der Waals surface area contributed by atoms with Crippen LogP contribution in [0.4, 0.5) is 25.1 Å². The molecule has 4 unspecified atom stereocenters. The van der Waals surface area contributed by atoms with Crippen molar-refractivity contribution in [2.75, 3.05) is 90.2 Å². The first kappa shape index (κ1) is 47.0. The molecule has 0 saturated carbocycles. The summed E-state index contributed by atoms with van der Waals surface area (Å²) >= 11 is 0. The van der Waals surface area contributed by atoms with Crippen molar-refractivity contribution in [2.45, 2.75) is 30.8 Å². The fourth-order valence-electron chi connectivity index (χ4n) is 6.06. The molecule has 2 fully saturated rings. The van der Waals surface area contributed by atoms with Gasteiger partial charge in [0.1, 0.15) is 42.7 Å². The number of alkyl halides is 3. The van der Waals surface area contributed by atoms with Crippen LogP contribution in [0.25, 0.3) is 22.1 Å². The zero-order chi connectivity index (χ0) is 43.4. The fraction of sp³-hybridized carbons (Fsp3) is 0.613. The molecule has 27 heteroatoms. The van der Waals surface area contributed by atoms with Gasteiger partial charge in [0.2, 0.25) is 11.9 Å². The number of ether oxygens (including phenoxy) is 1. The van der Waals surface area contributed by atoms with Crippen LogP contribution in [0.1, 0.15) is 11.1 Å². The Bertz CT molecular complexity index is 2360. The van der Waals surface area contributed by atoms with Crippen LogP contribution in [0.3, 0.4) is 0 Å². The molecule has 2 aliphatic heterocycles. The minimum absolute atomic E-state index is 0.0295. The van der Waals surface area contributed by atoms with E-state index >= 15 is 0 Å². The average Bonchev–Trinajstić information content (AvgIpc) is 3.86. The smallest absolute Gasteiger partial charge is 0.396 e. The number of anilines is 2. The number of nitrogens with two attached hydrogens (primary N) is 2. The van der Waals surface area contributed by atoms with Crippen LogP contribution in [0, 0.1) is 11.8 Å². The topological polar surface area (TPSA) is 329 Å². The highest BCUT2D eigenvalue weighted by Gasteiger charge is 2.47. The summed E-state index contributed by atoms with van der Waals surface area (Å²) in [5, 5.41) is 29.2. The van der Waals surface area contributed by atoms with Gasteiger partial charge in [0.05, 0.1) is 25.2 Å². The van der Waals surface area contributed by atoms with Gasteiger partial charge in [0, 0.05) is 81.2 Å². The van der Waals surface area contributed by atoms with Crippen molar-refractivity contribution in [1.82, 2.24) is 39.7 Å². The van der Waals surface area contributed by atoms with Crippen molar-refractivity contribution in [3.63, 3.8) is 0 Å². The first-order valence-corrected chi connectivity index (χ1v) is 24.5. The number of hydrogen-bond acceptors (Lipinski definition) is 17. The van der Waals surface area contributed by atoms with Crippen LogP contribution in [0.5, 0.6) is 0 Å². The predicted molar refractivity (Wildman–Crippen MR) is 210 cm³/mol. The van der Waals surface area contributed by atoms with E-state index in [-0.39, 0.29) is 47.8 Å². The second-order valence-electron chi connectivity index (χ2n) is 15.0. The minimum atomic E-state index is -5.60. The highest BCUT2D eigenvalue weighted by Crippen LogP contribution is 2.38. The SMILES string of the molecule is CP(C)(=O)COCC1CN(Cc2c[nH]c3c(=O)[nH]c(N)nc23)CC1O.CP(C)(=O)COS(=O)(=O)C(F)(F)F.Nc1nc2c(CN3CC(O)C(CO)C3)c[nH]c2c(=O)[nH]1. The molecule has 4 aromatic heterocycles. The van der Waals surface area contributed by atoms with Crippen LogP contribution in [0.2, 0.25) is 0 Å². The summed E-state index contributed by atoms with van der Waals surface area (Å²) in [5.41, 5.74) is 8.72. The van der Waals surface area contributed by atoms with E-state index in [1.807, 2.05) is 4.90 Å². The first-order valence-electron chi connectivity index (χ1n) is 17.5. The van der Waals surface area contributed by atoms with Gasteiger partial charge in [-0.1, -0.05) is 0 Å². The van der Waals surface area contributed by atoms with Gasteiger partial charge in [0.25, 0.3) is 11.1 Å². The Morgan fingerprint density at radius 2 is 1.24 bits per heavy atom. The quantitative estimate of drug-likeness (QED) is 0.0524. The number of fused-ring (bicyclic) bond motifs is 2. The van der Waals surface area contributed by atoms with Crippen LogP contribution >= 0.6 is 14.3 Å². The molecule has 11 N–H and O–H groups in total. The Kier molecular flexibility index (Phi) is 15.2. The first-order chi connectivity index (χ1) is 26.8. The van der Waals surface area contributed by atoms with Gasteiger partial charge >= 0.3 is 15.6 Å². The summed E-state index contributed by atoms with van der Waals surface area (Å²) in [6.07, 6.45) is 1.74. The summed E-state index contributed by atoms with van der Waals surface area (Å²) in [5.74, 6) is 0.00695. The number of nitrogens with one attached hydrogen (secondary N) is 4. The molecule has 2 saturated heterocycles. The minimum Gasteiger partial charge on any atom is -0.396 e. The zero-order valence-electron chi connectivity index (χ0n) is 32.0. The van der Waals surface area contributed by atoms with Crippen LogP contribution in [-0.2, 0) is 41.3 Å². The number of H-pyrrole nitrogens is 4. The van der Waals surface area contributed by atoms with E-state index < -0.39 is 48.5 Å². The Hall–Kier alpha value is -3.64. The van der Waals surface area contributed by atoms with E-state index in [9.17, 15) is 50.5 Å². The monoisotopic (exact) mass is 888 g/mol. The Morgan fingerprint density at radius 3 is 1.64 bits per heavy atom. The molecule has 0 aliphatic carbocycles. The van der Waals surface area contributed by atoms with Gasteiger partial charge in [-0.05, 0) is 26.7 Å². The number of hydrogen-bond donors (Lipinski definition) is 9. The molecule has 4 aromatic rings. The maximum atomic E-state index is 11.9. The molecule has 58 heavy (non-hydrogen) atoms. The summed E-state index contributed by atoms with van der Waals surface area (Å²) in [6, 6.07) is 0. The van der Waals surface area contributed by atoms with Crippen molar-refractivity contribution in [1.29, 1.82) is 0 Å². The highest BCUT2D eigenvalue weighted by atomic mass is 32.2. The maximum Gasteiger partial charge on any atom is 0.523 e. The predicted octanol–water partition coefficient (Wildman–Crippen LogP) is 0.274. The Balaban J connectivity index is 0.000000203. The lowest BCUT2D eigenvalue weighted by atomic mass is 10.1. The van der Waals surface area contributed by atoms with Gasteiger partial charge < -0.3 is 50.6 Å². The number of likely N-dealkylation sites (tertiary alicyclic amines) is 2. The lowest BCUT2D eigenvalue weighted by Gasteiger charge is -2.16. The number of nitrogen functional groups attached to an aromatic ring is 2. The van der Waals surface area contributed by atoms with Crippen LogP contribution < -0.4 is 22.6 Å². The molecule has 21 nitrogen and oxygen atoms in total. The van der Waals surface area contributed by atoms with Gasteiger partial charge in [0.15, 0.2) is 0 Å². The Labute approximate surface area is 329 Å². The lowest BCUT2D eigenvalue weighted by molar-refractivity contribution is -0.0531. The summed E-state index contributed by atoms with van der Waals surface area (Å²) in [4.78, 5) is 46.7. The Morgan fingerprint density at radius 1 is 0.810 bits per heavy atom. The summed E-state index contributed by atoms with van der Waals surface area (Å²) < 4.78 is 86.8. The number of aromatic nitrogens is 6. The second kappa shape index (κ2) is 18.7. The van der Waals surface area contributed by atoms with Crippen molar-refractivity contribution in [3.8, 4) is 0 Å². The lowest BCUT2D eigenvalue weighted by Crippen LogP contribution is -2.25. The van der Waals surface area contributed by atoms with Crippen molar-refractivity contribution >= 4 is 58.4 Å². The molecule has 0 spiro atoms. The van der Waals surface area contributed by atoms with E-state index in [1.54, 1.807) is 25.7 Å². The maximum absolute atomic E-state index is 11.9. The molecule has 0 amide bonds. The number of nitrogens with zero attached hydrogens (tertiary/aromatic N) is 4. The second-order valence-corrected chi connectivity index (χ2v) is 23.4. The van der Waals surface area contributed by atoms with E-state index in [4.69, 9.17) is 21.3 Å². The van der Waals surface area contributed by atoms with Crippen molar-refractivity contribution in [3.05, 3.63) is 44.2 Å². The molecular formula is C31H49F3N10O11P2S. The molecule has 0 radical (unpaired) electrons. The van der Waals surface area contributed by atoms with E-state index in [0.717, 1.165) is 24.5 Å². The number of rotatable bonds is 12. The zero-order valence-corrected chi connectivity index (χ0v) is 34.6. The number of aliphatic hydroxyl groups excluding tert-OH is 3. The van der Waals surface area contributed by atoms with Gasteiger partial charge in [-0.25, -0.2) is 9.97 Å². The number of halogens is 3. The van der Waals surface area contributed by atoms with Crippen molar-refractivity contribution in [2.24, 2.45) is 11.8 Å². The normalized spacial score (nSPS) is 20.9. The average molecular weight is 889 g/mol. The molecule has 0 aromatic carbocycles. The third-order valence-corrected chi connectivity index (χ3v) is 11.5. The molecule has 0 bridgehead atoms. The van der Waals surface area contributed by atoms with E-state index in [1.165, 1.54) is 0 Å². The van der Waals surface area contributed by atoms with Crippen LogP contribution in [-0.4, -0.2) is 160 Å². The molecule has 6 rings (SSSR count). The number of aromatic amines is 4. The summed E-state index contributed by atoms with van der Waals surface area (Å²) in [6.45, 7) is 9.33. The number of β-amino-alcohol motifs (C(OH)–C–C–N with tert-alkyl or cyclic N) is 2. The molecular weight excluding hydrogens is 839 g/mol. The van der Waals surface area contributed by atoms with Gasteiger partial charge in [-0.2, -0.15) is 21.6 Å². The third-order valence-electron chi connectivity index (χ3n) is 8.79.